The van der Waals surface area contributed by atoms with Crippen LogP contribution in [-0.4, -0.2) is 76.7 Å². The lowest BCUT2D eigenvalue weighted by Crippen LogP contribution is -2.36. The molecule has 1 aromatic rings. The van der Waals surface area contributed by atoms with E-state index in [0.29, 0.717) is 26.1 Å². The number of carbonyl (C=O) groups excluding carboxylic acids is 2. The van der Waals surface area contributed by atoms with Crippen molar-refractivity contribution in [3.63, 3.8) is 0 Å². The van der Waals surface area contributed by atoms with E-state index in [-0.39, 0.29) is 17.7 Å². The van der Waals surface area contributed by atoms with E-state index in [0.717, 1.165) is 31.2 Å². The van der Waals surface area contributed by atoms with Gasteiger partial charge in [0.25, 0.3) is 0 Å². The monoisotopic (exact) mass is 336 g/mol. The van der Waals surface area contributed by atoms with Gasteiger partial charge in [-0.2, -0.15) is 5.10 Å². The number of rotatable bonds is 8. The molecule has 0 aliphatic carbocycles. The largest absolute Gasteiger partial charge is 0.356 e. The third-order valence-electron chi connectivity index (χ3n) is 4.21. The van der Waals surface area contributed by atoms with E-state index < -0.39 is 0 Å². The summed E-state index contributed by atoms with van der Waals surface area (Å²) in [6.07, 6.45) is 1.11. The minimum atomic E-state index is -0.227. The zero-order valence-corrected chi connectivity index (χ0v) is 15.1. The number of aromatic nitrogens is 3. The number of aryl methyl sites for hydroxylation is 3. The van der Waals surface area contributed by atoms with Crippen molar-refractivity contribution in [3.05, 3.63) is 11.6 Å². The summed E-state index contributed by atoms with van der Waals surface area (Å²) in [5.41, 5.74) is 0. The van der Waals surface area contributed by atoms with Gasteiger partial charge in [0, 0.05) is 39.1 Å². The number of nitrogens with zero attached hydrogens (tertiary/aromatic N) is 5. The molecule has 1 aliphatic heterocycles. The Bertz CT molecular complexity index is 583. The van der Waals surface area contributed by atoms with Gasteiger partial charge in [0.15, 0.2) is 0 Å². The Morgan fingerprint density at radius 2 is 2.08 bits per heavy atom. The molecule has 0 radical (unpaired) electrons. The van der Waals surface area contributed by atoms with Gasteiger partial charge in [0.2, 0.25) is 11.8 Å². The lowest BCUT2D eigenvalue weighted by Gasteiger charge is -2.19. The summed E-state index contributed by atoms with van der Waals surface area (Å²) >= 11 is 0. The summed E-state index contributed by atoms with van der Waals surface area (Å²) in [5.74, 6) is 1.47. The van der Waals surface area contributed by atoms with Crippen LogP contribution in [0.15, 0.2) is 0 Å². The Morgan fingerprint density at radius 1 is 1.33 bits per heavy atom. The first-order chi connectivity index (χ1) is 11.4. The molecule has 1 aromatic heterocycles. The zero-order valence-electron chi connectivity index (χ0n) is 15.1. The van der Waals surface area contributed by atoms with Crippen LogP contribution in [0.2, 0.25) is 0 Å². The van der Waals surface area contributed by atoms with Crippen LogP contribution in [0.3, 0.4) is 0 Å². The van der Waals surface area contributed by atoms with Crippen LogP contribution in [-0.2, 0) is 16.1 Å². The Morgan fingerprint density at radius 3 is 2.71 bits per heavy atom. The average Bonchev–Trinajstić information content (AvgIpc) is 3.03. The van der Waals surface area contributed by atoms with E-state index in [1.54, 1.807) is 4.90 Å². The van der Waals surface area contributed by atoms with Crippen molar-refractivity contribution in [2.24, 2.45) is 5.92 Å². The number of hydrogen-bond donors (Lipinski definition) is 1. The van der Waals surface area contributed by atoms with Crippen molar-refractivity contribution in [1.82, 2.24) is 29.9 Å². The molecule has 1 N–H and O–H groups in total. The van der Waals surface area contributed by atoms with Crippen molar-refractivity contribution in [2.75, 3.05) is 40.3 Å². The highest BCUT2D eigenvalue weighted by molar-refractivity contribution is 5.89. The molecule has 24 heavy (non-hydrogen) atoms. The molecule has 0 bridgehead atoms. The van der Waals surface area contributed by atoms with Gasteiger partial charge in [-0.3, -0.25) is 14.3 Å². The number of amides is 2. The number of nitrogens with one attached hydrogen (secondary N) is 1. The predicted molar refractivity (Wildman–Crippen MR) is 90.4 cm³/mol. The number of likely N-dealkylation sites (N-methyl/N-ethyl adjacent to an activating group) is 1. The van der Waals surface area contributed by atoms with Crippen LogP contribution < -0.4 is 5.32 Å². The first-order valence-electron chi connectivity index (χ1n) is 8.45. The number of hydrogen-bond acceptors (Lipinski definition) is 5. The van der Waals surface area contributed by atoms with Crippen LogP contribution in [0, 0.1) is 19.8 Å². The number of carbonyl (C=O) groups is 2. The Labute approximate surface area is 143 Å². The van der Waals surface area contributed by atoms with Gasteiger partial charge in [0.05, 0.1) is 5.92 Å². The number of likely N-dealkylation sites (tertiary alicyclic amines) is 1. The van der Waals surface area contributed by atoms with Crippen molar-refractivity contribution in [3.8, 4) is 0 Å². The molecule has 1 atom stereocenters. The fourth-order valence-electron chi connectivity index (χ4n) is 2.84. The molecule has 1 fully saturated rings. The quantitative estimate of drug-likeness (QED) is 0.666. The zero-order chi connectivity index (χ0) is 17.7. The van der Waals surface area contributed by atoms with Gasteiger partial charge in [-0.05, 0) is 34.4 Å². The fourth-order valence-corrected chi connectivity index (χ4v) is 2.84. The predicted octanol–water partition coefficient (Wildman–Crippen LogP) is -0.189. The van der Waals surface area contributed by atoms with Crippen molar-refractivity contribution in [1.29, 1.82) is 0 Å². The second kappa shape index (κ2) is 8.23. The summed E-state index contributed by atoms with van der Waals surface area (Å²) in [6.45, 7) is 7.12. The normalized spacial score (nSPS) is 17.8. The van der Waals surface area contributed by atoms with Gasteiger partial charge in [0.1, 0.15) is 11.6 Å². The van der Waals surface area contributed by atoms with Crippen LogP contribution in [0.5, 0.6) is 0 Å². The Kier molecular flexibility index (Phi) is 6.30. The molecule has 1 aliphatic rings. The van der Waals surface area contributed by atoms with E-state index in [2.05, 4.69) is 15.4 Å². The standard InChI is InChI=1S/C16H28N6O2/c1-12-18-13(2)22(19-12)7-5-6-17-16(24)14-10-15(23)21(11-14)9-8-20(3)4/h14H,5-11H2,1-4H3,(H,17,24)/t14-/m1/s1. The summed E-state index contributed by atoms with van der Waals surface area (Å²) in [7, 11) is 3.95. The van der Waals surface area contributed by atoms with Gasteiger partial charge < -0.3 is 15.1 Å². The summed E-state index contributed by atoms with van der Waals surface area (Å²) in [5, 5.41) is 7.23. The smallest absolute Gasteiger partial charge is 0.225 e. The average molecular weight is 336 g/mol. The molecule has 0 unspecified atom stereocenters. The molecule has 2 amide bonds. The van der Waals surface area contributed by atoms with Crippen LogP contribution in [0.25, 0.3) is 0 Å². The molecular weight excluding hydrogens is 308 g/mol. The SMILES string of the molecule is Cc1nc(C)n(CCCNC(=O)[C@@H]2CC(=O)N(CCN(C)C)C2)n1. The molecule has 1 saturated heterocycles. The van der Waals surface area contributed by atoms with Crippen LogP contribution in [0.4, 0.5) is 0 Å². The summed E-state index contributed by atoms with van der Waals surface area (Å²) in [4.78, 5) is 32.3. The Hall–Kier alpha value is -1.96. The van der Waals surface area contributed by atoms with E-state index in [1.165, 1.54) is 0 Å². The highest BCUT2D eigenvalue weighted by Gasteiger charge is 2.33. The first-order valence-corrected chi connectivity index (χ1v) is 8.45. The first kappa shape index (κ1) is 18.4. The lowest BCUT2D eigenvalue weighted by molar-refractivity contribution is -0.129. The molecule has 2 rings (SSSR count). The molecule has 134 valence electrons. The summed E-state index contributed by atoms with van der Waals surface area (Å²) in [6, 6.07) is 0. The minimum Gasteiger partial charge on any atom is -0.356 e. The van der Waals surface area contributed by atoms with Gasteiger partial charge in [-0.25, -0.2) is 4.98 Å². The van der Waals surface area contributed by atoms with Gasteiger partial charge in [-0.1, -0.05) is 0 Å². The molecule has 0 spiro atoms. The molecule has 2 heterocycles. The highest BCUT2D eigenvalue weighted by Crippen LogP contribution is 2.17. The second-order valence-electron chi connectivity index (χ2n) is 6.62. The minimum absolute atomic E-state index is 0.0257. The third kappa shape index (κ3) is 5.02. The highest BCUT2D eigenvalue weighted by atomic mass is 16.2. The second-order valence-corrected chi connectivity index (χ2v) is 6.62. The third-order valence-corrected chi connectivity index (χ3v) is 4.21. The van der Waals surface area contributed by atoms with Crippen molar-refractivity contribution < 1.29 is 9.59 Å². The van der Waals surface area contributed by atoms with Crippen molar-refractivity contribution in [2.45, 2.75) is 33.2 Å². The maximum Gasteiger partial charge on any atom is 0.225 e. The fraction of sp³-hybridized carbons (Fsp3) is 0.750. The van der Waals surface area contributed by atoms with Crippen LogP contribution >= 0.6 is 0 Å². The lowest BCUT2D eigenvalue weighted by atomic mass is 10.1. The van der Waals surface area contributed by atoms with E-state index >= 15 is 0 Å². The van der Waals surface area contributed by atoms with E-state index in [9.17, 15) is 9.59 Å². The van der Waals surface area contributed by atoms with Gasteiger partial charge >= 0.3 is 0 Å². The molecular formula is C16H28N6O2. The van der Waals surface area contributed by atoms with Crippen molar-refractivity contribution >= 4 is 11.8 Å². The summed E-state index contributed by atoms with van der Waals surface area (Å²) < 4.78 is 1.85. The maximum absolute atomic E-state index is 12.2. The molecule has 0 aromatic carbocycles. The molecule has 8 heteroatoms. The molecule has 8 nitrogen and oxygen atoms in total. The van der Waals surface area contributed by atoms with E-state index in [4.69, 9.17) is 0 Å². The van der Waals surface area contributed by atoms with Gasteiger partial charge in [-0.15, -0.1) is 0 Å². The Balaban J connectivity index is 1.69. The topological polar surface area (TPSA) is 83.4 Å². The molecule has 0 saturated carbocycles. The van der Waals surface area contributed by atoms with Crippen LogP contribution in [0.1, 0.15) is 24.5 Å². The maximum atomic E-state index is 12.2. The van der Waals surface area contributed by atoms with E-state index in [1.807, 2.05) is 37.5 Å².